The predicted molar refractivity (Wildman–Crippen MR) is 96.2 cm³/mol. The molecular formula is C19H17N3O4. The smallest absolute Gasteiger partial charge is 0.414 e. The van der Waals surface area contributed by atoms with E-state index in [1.807, 2.05) is 30.3 Å². The molecule has 2 aliphatic rings. The fourth-order valence-corrected chi connectivity index (χ4v) is 2.92. The number of cyclic esters (lactones) is 1. The summed E-state index contributed by atoms with van der Waals surface area (Å²) in [4.78, 5) is 31.0. The van der Waals surface area contributed by atoms with Crippen molar-refractivity contribution in [2.24, 2.45) is 5.16 Å². The van der Waals surface area contributed by atoms with Gasteiger partial charge in [-0.25, -0.2) is 4.79 Å². The average molecular weight is 351 g/mol. The summed E-state index contributed by atoms with van der Waals surface area (Å²) < 4.78 is 4.94. The van der Waals surface area contributed by atoms with Crippen LogP contribution >= 0.6 is 0 Å². The summed E-state index contributed by atoms with van der Waals surface area (Å²) in [5.74, 6) is -0.277. The molecule has 4 rings (SSSR count). The van der Waals surface area contributed by atoms with Gasteiger partial charge >= 0.3 is 6.09 Å². The van der Waals surface area contributed by atoms with Gasteiger partial charge in [-0.2, -0.15) is 0 Å². The van der Waals surface area contributed by atoms with Gasteiger partial charge < -0.3 is 14.9 Å². The van der Waals surface area contributed by atoms with E-state index in [1.165, 1.54) is 4.90 Å². The number of hydrogen-bond donors (Lipinski definition) is 1. The number of oxime groups is 1. The topological polar surface area (TPSA) is 80.2 Å². The first-order chi connectivity index (χ1) is 12.7. The number of amides is 2. The van der Waals surface area contributed by atoms with E-state index in [0.29, 0.717) is 30.9 Å². The Kier molecular flexibility index (Phi) is 4.27. The molecule has 0 saturated carbocycles. The van der Waals surface area contributed by atoms with Gasteiger partial charge in [-0.15, -0.1) is 0 Å². The van der Waals surface area contributed by atoms with Crippen LogP contribution in [0.1, 0.15) is 12.0 Å². The quantitative estimate of drug-likeness (QED) is 0.918. The van der Waals surface area contributed by atoms with Crippen LogP contribution in [-0.4, -0.2) is 37.0 Å². The summed E-state index contributed by atoms with van der Waals surface area (Å²) in [6.45, 7) is 0.862. The molecule has 2 aromatic rings. The Morgan fingerprint density at radius 3 is 2.77 bits per heavy atom. The Morgan fingerprint density at radius 1 is 1.15 bits per heavy atom. The van der Waals surface area contributed by atoms with Crippen molar-refractivity contribution in [1.29, 1.82) is 0 Å². The average Bonchev–Trinajstić information content (AvgIpc) is 3.32. The van der Waals surface area contributed by atoms with Gasteiger partial charge in [0.25, 0.3) is 5.91 Å². The van der Waals surface area contributed by atoms with Crippen LogP contribution in [0.5, 0.6) is 0 Å². The summed E-state index contributed by atoms with van der Waals surface area (Å²) >= 11 is 0. The number of ether oxygens (including phenoxy) is 1. The molecule has 2 aliphatic heterocycles. The van der Waals surface area contributed by atoms with E-state index in [-0.39, 0.29) is 12.0 Å². The maximum absolute atomic E-state index is 12.5. The van der Waals surface area contributed by atoms with Crippen molar-refractivity contribution >= 4 is 29.1 Å². The number of nitrogens with one attached hydrogen (secondary N) is 1. The summed E-state index contributed by atoms with van der Waals surface area (Å²) in [5.41, 5.74) is 2.96. The van der Waals surface area contributed by atoms with Crippen molar-refractivity contribution in [2.45, 2.75) is 12.5 Å². The van der Waals surface area contributed by atoms with Gasteiger partial charge in [-0.1, -0.05) is 41.6 Å². The van der Waals surface area contributed by atoms with Crippen molar-refractivity contribution in [2.75, 3.05) is 23.4 Å². The van der Waals surface area contributed by atoms with Crippen molar-refractivity contribution in [1.82, 2.24) is 0 Å². The Balaban J connectivity index is 1.41. The van der Waals surface area contributed by atoms with Crippen LogP contribution in [0.25, 0.3) is 0 Å². The second-order valence-corrected chi connectivity index (χ2v) is 6.01. The van der Waals surface area contributed by atoms with Gasteiger partial charge in [0.2, 0.25) is 6.10 Å². The van der Waals surface area contributed by atoms with Crippen LogP contribution < -0.4 is 10.2 Å². The van der Waals surface area contributed by atoms with Crippen molar-refractivity contribution < 1.29 is 19.2 Å². The monoisotopic (exact) mass is 351 g/mol. The molecule has 1 fully saturated rings. The lowest BCUT2D eigenvalue weighted by atomic mass is 10.0. The lowest BCUT2D eigenvalue weighted by molar-refractivity contribution is -0.125. The van der Waals surface area contributed by atoms with Crippen LogP contribution in [0, 0.1) is 0 Å². The van der Waals surface area contributed by atoms with Crippen molar-refractivity contribution in [3.05, 3.63) is 60.2 Å². The van der Waals surface area contributed by atoms with E-state index in [1.54, 1.807) is 24.3 Å². The number of hydrogen-bond acceptors (Lipinski definition) is 5. The van der Waals surface area contributed by atoms with Crippen LogP contribution in [0.2, 0.25) is 0 Å². The highest BCUT2D eigenvalue weighted by atomic mass is 16.6. The van der Waals surface area contributed by atoms with Crippen LogP contribution in [0.3, 0.4) is 0 Å². The Labute approximate surface area is 150 Å². The summed E-state index contributed by atoms with van der Waals surface area (Å²) in [7, 11) is 0. The second-order valence-electron chi connectivity index (χ2n) is 6.01. The van der Waals surface area contributed by atoms with E-state index >= 15 is 0 Å². The van der Waals surface area contributed by atoms with Gasteiger partial charge in [0, 0.05) is 17.8 Å². The van der Waals surface area contributed by atoms with Gasteiger partial charge in [0.05, 0.1) is 12.3 Å². The second kappa shape index (κ2) is 6.87. The molecule has 7 heteroatoms. The fourth-order valence-electron chi connectivity index (χ4n) is 2.92. The zero-order valence-corrected chi connectivity index (χ0v) is 13.9. The Hall–Kier alpha value is -3.35. The standard InChI is InChI=1S/C19H17N3O4/c23-18(17-12-16(21-26-17)13-5-2-1-3-6-13)20-14-7-4-8-15(11-14)22-9-10-25-19(22)24/h1-8,11,17H,9-10,12H2,(H,20,23)/t17-/m1/s1. The molecule has 1 N–H and O–H groups in total. The Morgan fingerprint density at radius 2 is 2.00 bits per heavy atom. The van der Waals surface area contributed by atoms with Crippen molar-refractivity contribution in [3.63, 3.8) is 0 Å². The molecule has 0 bridgehead atoms. The highest BCUT2D eigenvalue weighted by Gasteiger charge is 2.29. The summed E-state index contributed by atoms with van der Waals surface area (Å²) in [6, 6.07) is 16.7. The first-order valence-electron chi connectivity index (χ1n) is 8.34. The van der Waals surface area contributed by atoms with E-state index < -0.39 is 6.10 Å². The molecule has 0 unspecified atom stereocenters. The number of anilines is 2. The van der Waals surface area contributed by atoms with Gasteiger partial charge in [-0.3, -0.25) is 9.69 Å². The molecule has 0 radical (unpaired) electrons. The number of carbonyl (C=O) groups excluding carboxylic acids is 2. The molecule has 2 aromatic carbocycles. The molecule has 0 aromatic heterocycles. The van der Waals surface area contributed by atoms with Crippen LogP contribution in [0.4, 0.5) is 16.2 Å². The molecule has 2 amide bonds. The Bertz CT molecular complexity index is 866. The van der Waals surface area contributed by atoms with Crippen molar-refractivity contribution in [3.8, 4) is 0 Å². The third-order valence-electron chi connectivity index (χ3n) is 4.25. The number of carbonyl (C=O) groups is 2. The lowest BCUT2D eigenvalue weighted by Gasteiger charge is -2.15. The molecule has 132 valence electrons. The maximum atomic E-state index is 12.5. The van der Waals surface area contributed by atoms with E-state index in [2.05, 4.69) is 10.5 Å². The fraction of sp³-hybridized carbons (Fsp3) is 0.211. The normalized spacial score (nSPS) is 18.9. The highest BCUT2D eigenvalue weighted by molar-refractivity contribution is 6.06. The molecule has 26 heavy (non-hydrogen) atoms. The minimum Gasteiger partial charge on any atom is -0.447 e. The zero-order valence-electron chi connectivity index (χ0n) is 13.9. The third-order valence-corrected chi connectivity index (χ3v) is 4.25. The van der Waals surface area contributed by atoms with Crippen LogP contribution in [0.15, 0.2) is 59.8 Å². The molecule has 1 saturated heterocycles. The molecular weight excluding hydrogens is 334 g/mol. The summed E-state index contributed by atoms with van der Waals surface area (Å²) in [6.07, 6.45) is -0.646. The molecule has 7 nitrogen and oxygen atoms in total. The number of nitrogens with zero attached hydrogens (tertiary/aromatic N) is 2. The van der Waals surface area contributed by atoms with E-state index in [9.17, 15) is 9.59 Å². The lowest BCUT2D eigenvalue weighted by Crippen LogP contribution is -2.28. The number of rotatable bonds is 4. The minimum atomic E-state index is -0.675. The first kappa shape index (κ1) is 16.1. The number of benzene rings is 2. The van der Waals surface area contributed by atoms with Gasteiger partial charge in [-0.05, 0) is 23.8 Å². The first-order valence-corrected chi connectivity index (χ1v) is 8.34. The minimum absolute atomic E-state index is 0.277. The maximum Gasteiger partial charge on any atom is 0.414 e. The zero-order chi connectivity index (χ0) is 17.9. The molecule has 2 heterocycles. The SMILES string of the molecule is O=C(Nc1cccc(N2CCOC2=O)c1)[C@H]1CC(c2ccccc2)=NO1. The molecule has 1 atom stereocenters. The van der Waals surface area contributed by atoms with E-state index in [4.69, 9.17) is 9.57 Å². The molecule has 0 aliphatic carbocycles. The highest BCUT2D eigenvalue weighted by Crippen LogP contribution is 2.23. The third kappa shape index (κ3) is 3.23. The van der Waals surface area contributed by atoms with Gasteiger partial charge in [0.15, 0.2) is 0 Å². The summed E-state index contributed by atoms with van der Waals surface area (Å²) in [5, 5.41) is 6.85. The molecule has 0 spiro atoms. The van der Waals surface area contributed by atoms with Crippen LogP contribution in [-0.2, 0) is 14.4 Å². The largest absolute Gasteiger partial charge is 0.447 e. The van der Waals surface area contributed by atoms with E-state index in [0.717, 1.165) is 11.3 Å². The predicted octanol–water partition coefficient (Wildman–Crippen LogP) is 2.77. The van der Waals surface area contributed by atoms with Gasteiger partial charge in [0.1, 0.15) is 6.61 Å².